The van der Waals surface area contributed by atoms with E-state index in [0.717, 1.165) is 12.8 Å². The van der Waals surface area contributed by atoms with Gasteiger partial charge in [-0.05, 0) is 102 Å². The molecule has 4 aliphatic rings. The van der Waals surface area contributed by atoms with E-state index in [4.69, 9.17) is 4.74 Å². The Bertz CT molecular complexity index is 1350. The van der Waals surface area contributed by atoms with Crippen LogP contribution in [0.2, 0.25) is 0 Å². The zero-order valence-corrected chi connectivity index (χ0v) is 25.1. The van der Waals surface area contributed by atoms with Gasteiger partial charge >= 0.3 is 5.97 Å². The van der Waals surface area contributed by atoms with Crippen LogP contribution in [-0.4, -0.2) is 12.1 Å². The average Bonchev–Trinajstić information content (AvgIpc) is 3.31. The largest absolute Gasteiger partial charge is 0.458 e. The van der Waals surface area contributed by atoms with Crippen molar-refractivity contribution in [3.05, 3.63) is 101 Å². The molecule has 6 atom stereocenters. The van der Waals surface area contributed by atoms with Gasteiger partial charge in [0.05, 0.1) is 5.56 Å². The van der Waals surface area contributed by atoms with Crippen molar-refractivity contribution < 1.29 is 9.53 Å². The van der Waals surface area contributed by atoms with E-state index in [0.29, 0.717) is 23.3 Å². The number of carbonyl (C=O) groups excluding carboxylic acids is 1. The summed E-state index contributed by atoms with van der Waals surface area (Å²) in [5.41, 5.74) is 7.45. The van der Waals surface area contributed by atoms with E-state index in [1.54, 1.807) is 16.7 Å². The van der Waals surface area contributed by atoms with Crippen LogP contribution in [0.3, 0.4) is 0 Å². The molecule has 2 nitrogen and oxygen atoms in total. The van der Waals surface area contributed by atoms with Crippen molar-refractivity contribution in [2.24, 2.45) is 34.0 Å². The Morgan fingerprint density at radius 1 is 0.900 bits per heavy atom. The second-order valence-electron chi connectivity index (χ2n) is 14.1. The van der Waals surface area contributed by atoms with Crippen LogP contribution in [-0.2, 0) is 4.74 Å². The molecule has 0 bridgehead atoms. The molecule has 210 valence electrons. The summed E-state index contributed by atoms with van der Waals surface area (Å²) in [6.07, 6.45) is 15.4. The lowest BCUT2D eigenvalue weighted by atomic mass is 9.46. The van der Waals surface area contributed by atoms with E-state index in [2.05, 4.69) is 83.2 Å². The lowest BCUT2D eigenvalue weighted by Crippen LogP contribution is -2.54. The molecule has 0 saturated heterocycles. The number of fused-ring (bicyclic) bond motifs is 4. The van der Waals surface area contributed by atoms with Gasteiger partial charge in [0.25, 0.3) is 0 Å². The van der Waals surface area contributed by atoms with Gasteiger partial charge in [-0.3, -0.25) is 0 Å². The number of esters is 1. The molecule has 0 aliphatic heterocycles. The van der Waals surface area contributed by atoms with E-state index in [1.807, 2.05) is 30.3 Å². The predicted octanol–water partition coefficient (Wildman–Crippen LogP) is 9.84. The van der Waals surface area contributed by atoms with Crippen molar-refractivity contribution in [3.8, 4) is 0 Å². The minimum Gasteiger partial charge on any atom is -0.458 e. The minimum absolute atomic E-state index is 0.0402. The summed E-state index contributed by atoms with van der Waals surface area (Å²) >= 11 is 0. The van der Waals surface area contributed by atoms with Crippen molar-refractivity contribution in [3.63, 3.8) is 0 Å². The number of benzene rings is 2. The van der Waals surface area contributed by atoms with Gasteiger partial charge in [0.1, 0.15) is 6.10 Å². The Morgan fingerprint density at radius 3 is 2.33 bits per heavy atom. The van der Waals surface area contributed by atoms with Gasteiger partial charge in [-0.15, -0.1) is 0 Å². The molecular formula is C38H46O2. The number of rotatable bonds is 5. The van der Waals surface area contributed by atoms with Crippen molar-refractivity contribution >= 4 is 12.0 Å². The molecule has 40 heavy (non-hydrogen) atoms. The molecule has 0 aromatic heterocycles. The zero-order valence-electron chi connectivity index (χ0n) is 25.1. The van der Waals surface area contributed by atoms with Crippen molar-refractivity contribution in [1.29, 1.82) is 0 Å². The van der Waals surface area contributed by atoms with E-state index >= 15 is 0 Å². The summed E-state index contributed by atoms with van der Waals surface area (Å²) in [5.74, 6) is 1.55. The fourth-order valence-corrected chi connectivity index (χ4v) is 9.44. The smallest absolute Gasteiger partial charge is 0.338 e. The Labute approximate surface area is 241 Å². The number of carbonyl (C=O) groups is 1. The third-order valence-electron chi connectivity index (χ3n) is 11.7. The van der Waals surface area contributed by atoms with Gasteiger partial charge < -0.3 is 4.74 Å². The highest BCUT2D eigenvalue weighted by Gasteiger charge is 2.58. The van der Waals surface area contributed by atoms with Crippen LogP contribution >= 0.6 is 0 Å². The van der Waals surface area contributed by atoms with Gasteiger partial charge in [0, 0.05) is 5.41 Å². The van der Waals surface area contributed by atoms with Crippen LogP contribution in [0.15, 0.2) is 89.5 Å². The maximum Gasteiger partial charge on any atom is 0.338 e. The van der Waals surface area contributed by atoms with Crippen LogP contribution < -0.4 is 0 Å². The van der Waals surface area contributed by atoms with Gasteiger partial charge in [-0.2, -0.15) is 0 Å². The topological polar surface area (TPSA) is 26.3 Å². The van der Waals surface area contributed by atoms with Gasteiger partial charge in [-0.25, -0.2) is 4.79 Å². The molecule has 0 spiro atoms. The number of allylic oxidation sites excluding steroid dienone is 5. The van der Waals surface area contributed by atoms with Crippen LogP contribution in [0.25, 0.3) is 6.08 Å². The zero-order chi connectivity index (χ0) is 28.1. The Balaban J connectivity index is 1.22. The first-order valence-electron chi connectivity index (χ1n) is 15.6. The van der Waals surface area contributed by atoms with E-state index < -0.39 is 0 Å². The van der Waals surface area contributed by atoms with Crippen LogP contribution in [0, 0.1) is 34.0 Å². The molecule has 2 heteroatoms. The van der Waals surface area contributed by atoms with Gasteiger partial charge in [0.15, 0.2) is 0 Å². The van der Waals surface area contributed by atoms with E-state index in [1.165, 1.54) is 37.7 Å². The average molecular weight is 535 g/mol. The molecule has 2 aromatic rings. The normalized spacial score (nSPS) is 33.5. The number of ether oxygens (including phenoxy) is 1. The Morgan fingerprint density at radius 2 is 1.60 bits per heavy atom. The highest BCUT2D eigenvalue weighted by atomic mass is 16.5. The van der Waals surface area contributed by atoms with Gasteiger partial charge in [-0.1, -0.05) is 107 Å². The molecule has 0 amide bonds. The maximum absolute atomic E-state index is 13.0. The summed E-state index contributed by atoms with van der Waals surface area (Å²) in [7, 11) is 0. The van der Waals surface area contributed by atoms with E-state index in [9.17, 15) is 4.79 Å². The maximum atomic E-state index is 13.0. The second kappa shape index (κ2) is 10.2. The molecule has 0 unspecified atom stereocenters. The number of hydrogen-bond donors (Lipinski definition) is 0. The SMILES string of the molecule is C[C@H](/C=C/c1ccccc1)[C@H]1CC=C2C3=C(CC[C@@]21C)[C@@]1(C)CC[C@H](OC(=O)c2ccccc2)C(C)(C)[C@@H]1CC3. The molecular weight excluding hydrogens is 488 g/mol. The lowest BCUT2D eigenvalue weighted by Gasteiger charge is -2.59. The molecule has 1 saturated carbocycles. The first-order valence-corrected chi connectivity index (χ1v) is 15.6. The van der Waals surface area contributed by atoms with Crippen molar-refractivity contribution in [2.75, 3.05) is 0 Å². The lowest BCUT2D eigenvalue weighted by molar-refractivity contribution is -0.0992. The first-order chi connectivity index (χ1) is 19.1. The molecule has 0 N–H and O–H groups in total. The predicted molar refractivity (Wildman–Crippen MR) is 165 cm³/mol. The van der Waals surface area contributed by atoms with Crippen LogP contribution in [0.1, 0.15) is 95.5 Å². The minimum atomic E-state index is -0.177. The van der Waals surface area contributed by atoms with Gasteiger partial charge in [0.2, 0.25) is 0 Å². The van der Waals surface area contributed by atoms with Crippen LogP contribution in [0.5, 0.6) is 0 Å². The highest BCUT2D eigenvalue weighted by molar-refractivity contribution is 5.89. The summed E-state index contributed by atoms with van der Waals surface area (Å²) < 4.78 is 6.23. The molecule has 4 aliphatic carbocycles. The highest BCUT2D eigenvalue weighted by Crippen LogP contribution is 2.66. The Hall–Kier alpha value is -2.87. The van der Waals surface area contributed by atoms with Crippen molar-refractivity contribution in [2.45, 2.75) is 85.7 Å². The molecule has 2 aromatic carbocycles. The molecule has 0 heterocycles. The molecule has 6 rings (SSSR count). The third kappa shape index (κ3) is 4.43. The standard InChI is InChI=1S/C38H46O2/c1-26(16-17-27-12-8-6-9-13-27)30-19-20-31-29-18-21-33-36(2,3)34(40-35(39)28-14-10-7-11-15-28)23-25-38(33,5)32(29)22-24-37(30,31)4/h6-17,20,26,30,33-34H,18-19,21-25H2,1-5H3/b17-16+/t26-,30-,33+,34+,37-,38-/m1/s1. The molecule has 1 fully saturated rings. The summed E-state index contributed by atoms with van der Waals surface area (Å²) in [6.45, 7) is 12.3. The quantitative estimate of drug-likeness (QED) is 0.357. The second-order valence-corrected chi connectivity index (χ2v) is 14.1. The monoisotopic (exact) mass is 534 g/mol. The fraction of sp³-hybridized carbons (Fsp3) is 0.500. The Kier molecular flexibility index (Phi) is 6.96. The third-order valence-corrected chi connectivity index (χ3v) is 11.7. The van der Waals surface area contributed by atoms with Crippen molar-refractivity contribution in [1.82, 2.24) is 0 Å². The number of hydrogen-bond acceptors (Lipinski definition) is 2. The van der Waals surface area contributed by atoms with E-state index in [-0.39, 0.29) is 28.3 Å². The molecule has 0 radical (unpaired) electrons. The summed E-state index contributed by atoms with van der Waals surface area (Å²) in [6, 6.07) is 20.2. The first kappa shape index (κ1) is 27.3. The van der Waals surface area contributed by atoms with Crippen LogP contribution in [0.4, 0.5) is 0 Å². The fourth-order valence-electron chi connectivity index (χ4n) is 9.44. The summed E-state index contributed by atoms with van der Waals surface area (Å²) in [4.78, 5) is 13.0. The summed E-state index contributed by atoms with van der Waals surface area (Å²) in [5, 5.41) is 0.